The van der Waals surface area contributed by atoms with Gasteiger partial charge >= 0.3 is 0 Å². The third-order valence-corrected chi connectivity index (χ3v) is 3.07. The van der Waals surface area contributed by atoms with E-state index in [1.54, 1.807) is 6.07 Å². The Morgan fingerprint density at radius 3 is 3.05 bits per heavy atom. The van der Waals surface area contributed by atoms with Crippen molar-refractivity contribution in [2.45, 2.75) is 18.9 Å². The Morgan fingerprint density at radius 2 is 2.32 bits per heavy atom. The van der Waals surface area contributed by atoms with Gasteiger partial charge in [-0.05, 0) is 18.2 Å². The fraction of sp³-hybridized carbons (Fsp3) is 0.250. The number of aliphatic hydroxyl groups is 1. The van der Waals surface area contributed by atoms with E-state index in [-0.39, 0.29) is 24.6 Å². The minimum Gasteiger partial charge on any atom is -0.392 e. The standard InChI is InChI=1S/C12H9BrFN3O2/c13-10-2-1-7(14)5-9(10)12-16-11(19-17-12)6-8(18)3-4-15/h1-2,5,8,18H,3,6H2. The maximum absolute atomic E-state index is 13.2. The Balaban J connectivity index is 2.21. The van der Waals surface area contributed by atoms with Gasteiger partial charge in [0, 0.05) is 10.0 Å². The summed E-state index contributed by atoms with van der Waals surface area (Å²) in [6, 6.07) is 5.99. The molecule has 0 aliphatic rings. The summed E-state index contributed by atoms with van der Waals surface area (Å²) in [5, 5.41) is 21.6. The highest BCUT2D eigenvalue weighted by Crippen LogP contribution is 2.26. The van der Waals surface area contributed by atoms with Crippen LogP contribution in [0, 0.1) is 17.1 Å². The largest absolute Gasteiger partial charge is 0.392 e. The average molecular weight is 326 g/mol. The summed E-state index contributed by atoms with van der Waals surface area (Å²) in [5.74, 6) is 0.0218. The van der Waals surface area contributed by atoms with Gasteiger partial charge in [-0.2, -0.15) is 10.2 Å². The highest BCUT2D eigenvalue weighted by Gasteiger charge is 2.15. The molecule has 1 aromatic carbocycles. The summed E-state index contributed by atoms with van der Waals surface area (Å²) in [6.07, 6.45) is -0.774. The summed E-state index contributed by atoms with van der Waals surface area (Å²) in [4.78, 5) is 4.06. The molecule has 5 nitrogen and oxygen atoms in total. The molecule has 19 heavy (non-hydrogen) atoms. The molecule has 0 aliphatic carbocycles. The van der Waals surface area contributed by atoms with Gasteiger partial charge in [0.2, 0.25) is 11.7 Å². The molecular formula is C12H9BrFN3O2. The van der Waals surface area contributed by atoms with Crippen molar-refractivity contribution >= 4 is 15.9 Å². The van der Waals surface area contributed by atoms with Crippen LogP contribution in [-0.2, 0) is 6.42 Å². The van der Waals surface area contributed by atoms with Crippen molar-refractivity contribution in [1.29, 1.82) is 5.26 Å². The van der Waals surface area contributed by atoms with E-state index < -0.39 is 11.9 Å². The first kappa shape index (κ1) is 13.6. The van der Waals surface area contributed by atoms with Crippen LogP contribution in [0.3, 0.4) is 0 Å². The number of halogens is 2. The number of benzene rings is 1. The number of aliphatic hydroxyl groups excluding tert-OH is 1. The average Bonchev–Trinajstić information content (AvgIpc) is 2.81. The minimum absolute atomic E-state index is 0.0125. The zero-order valence-corrected chi connectivity index (χ0v) is 11.3. The van der Waals surface area contributed by atoms with Crippen LogP contribution in [-0.4, -0.2) is 21.4 Å². The monoisotopic (exact) mass is 325 g/mol. The summed E-state index contributed by atoms with van der Waals surface area (Å²) < 4.78 is 18.8. The molecule has 98 valence electrons. The first-order valence-corrected chi connectivity index (χ1v) is 6.22. The highest BCUT2D eigenvalue weighted by atomic mass is 79.9. The molecule has 0 saturated heterocycles. The molecule has 0 fully saturated rings. The van der Waals surface area contributed by atoms with E-state index >= 15 is 0 Å². The van der Waals surface area contributed by atoms with Crippen molar-refractivity contribution in [3.8, 4) is 17.5 Å². The lowest BCUT2D eigenvalue weighted by Gasteiger charge is -2.00. The van der Waals surface area contributed by atoms with Gasteiger partial charge in [0.25, 0.3) is 0 Å². The number of hydrogen-bond donors (Lipinski definition) is 1. The fourth-order valence-electron chi connectivity index (χ4n) is 1.50. The van der Waals surface area contributed by atoms with Gasteiger partial charge < -0.3 is 9.63 Å². The number of nitriles is 1. The quantitative estimate of drug-likeness (QED) is 0.933. The summed E-state index contributed by atoms with van der Waals surface area (Å²) in [5.41, 5.74) is 0.463. The zero-order valence-electron chi connectivity index (χ0n) is 9.68. The molecule has 0 spiro atoms. The first-order valence-electron chi connectivity index (χ1n) is 5.43. The molecule has 1 heterocycles. The van der Waals surface area contributed by atoms with Crippen LogP contribution < -0.4 is 0 Å². The Labute approximate surface area is 116 Å². The molecule has 0 saturated carbocycles. The number of nitrogens with zero attached hydrogens (tertiary/aromatic N) is 3. The molecule has 0 aliphatic heterocycles. The Morgan fingerprint density at radius 1 is 1.53 bits per heavy atom. The summed E-state index contributed by atoms with van der Waals surface area (Å²) >= 11 is 3.27. The molecule has 0 radical (unpaired) electrons. The maximum atomic E-state index is 13.2. The van der Waals surface area contributed by atoms with E-state index in [2.05, 4.69) is 26.1 Å². The Hall–Kier alpha value is -1.78. The lowest BCUT2D eigenvalue weighted by atomic mass is 10.2. The number of hydrogen-bond acceptors (Lipinski definition) is 5. The van der Waals surface area contributed by atoms with Crippen LogP contribution in [0.2, 0.25) is 0 Å². The Bertz CT molecular complexity index is 624. The second-order valence-electron chi connectivity index (χ2n) is 3.86. The van der Waals surface area contributed by atoms with Crippen molar-refractivity contribution in [3.63, 3.8) is 0 Å². The first-order chi connectivity index (χ1) is 9.10. The zero-order chi connectivity index (χ0) is 13.8. The lowest BCUT2D eigenvalue weighted by molar-refractivity contribution is 0.167. The summed E-state index contributed by atoms with van der Waals surface area (Å²) in [6.45, 7) is 0. The third-order valence-electron chi connectivity index (χ3n) is 2.37. The van der Waals surface area contributed by atoms with Gasteiger partial charge in [0.15, 0.2) is 0 Å². The molecule has 7 heteroatoms. The molecule has 0 amide bonds. The fourth-order valence-corrected chi connectivity index (χ4v) is 1.92. The van der Waals surface area contributed by atoms with E-state index in [4.69, 9.17) is 9.78 Å². The van der Waals surface area contributed by atoms with Gasteiger partial charge in [0.1, 0.15) is 5.82 Å². The van der Waals surface area contributed by atoms with Gasteiger partial charge in [-0.1, -0.05) is 21.1 Å². The third kappa shape index (κ3) is 3.36. The van der Waals surface area contributed by atoms with Crippen LogP contribution in [0.4, 0.5) is 4.39 Å². The smallest absolute Gasteiger partial charge is 0.229 e. The van der Waals surface area contributed by atoms with Crippen molar-refractivity contribution < 1.29 is 14.0 Å². The molecule has 1 atom stereocenters. The predicted molar refractivity (Wildman–Crippen MR) is 67.3 cm³/mol. The van der Waals surface area contributed by atoms with Crippen LogP contribution in [0.5, 0.6) is 0 Å². The molecule has 1 unspecified atom stereocenters. The van der Waals surface area contributed by atoms with E-state index in [0.29, 0.717) is 10.0 Å². The van der Waals surface area contributed by atoms with E-state index in [0.717, 1.165) is 0 Å². The molecule has 2 rings (SSSR count). The molecule has 0 bridgehead atoms. The highest BCUT2D eigenvalue weighted by molar-refractivity contribution is 9.10. The minimum atomic E-state index is -0.853. The second-order valence-corrected chi connectivity index (χ2v) is 4.71. The number of aromatic nitrogens is 2. The lowest BCUT2D eigenvalue weighted by Crippen LogP contribution is -2.09. The van der Waals surface area contributed by atoms with Crippen molar-refractivity contribution in [2.24, 2.45) is 0 Å². The van der Waals surface area contributed by atoms with Crippen molar-refractivity contribution in [2.75, 3.05) is 0 Å². The second kappa shape index (κ2) is 5.91. The van der Waals surface area contributed by atoms with Gasteiger partial charge in [-0.15, -0.1) is 0 Å². The van der Waals surface area contributed by atoms with Crippen molar-refractivity contribution in [3.05, 3.63) is 34.4 Å². The van der Waals surface area contributed by atoms with Crippen molar-refractivity contribution in [1.82, 2.24) is 10.1 Å². The van der Waals surface area contributed by atoms with Gasteiger partial charge in [0.05, 0.1) is 25.0 Å². The van der Waals surface area contributed by atoms with Crippen LogP contribution in [0.1, 0.15) is 12.3 Å². The Kier molecular flexibility index (Phi) is 4.24. The van der Waals surface area contributed by atoms with E-state index in [9.17, 15) is 9.50 Å². The maximum Gasteiger partial charge on any atom is 0.229 e. The van der Waals surface area contributed by atoms with Crippen LogP contribution in [0.25, 0.3) is 11.4 Å². The summed E-state index contributed by atoms with van der Waals surface area (Å²) in [7, 11) is 0. The van der Waals surface area contributed by atoms with Crippen LogP contribution in [0.15, 0.2) is 27.2 Å². The SMILES string of the molecule is N#CCC(O)Cc1nc(-c2cc(F)ccc2Br)no1. The predicted octanol–water partition coefficient (Wildman–Crippen LogP) is 2.46. The van der Waals surface area contributed by atoms with E-state index in [1.807, 2.05) is 6.07 Å². The normalized spacial score (nSPS) is 12.1. The molecule has 1 N–H and O–H groups in total. The van der Waals surface area contributed by atoms with Gasteiger partial charge in [-0.25, -0.2) is 4.39 Å². The number of rotatable bonds is 4. The van der Waals surface area contributed by atoms with Crippen LogP contribution >= 0.6 is 15.9 Å². The topological polar surface area (TPSA) is 82.9 Å². The van der Waals surface area contributed by atoms with Gasteiger partial charge in [-0.3, -0.25) is 0 Å². The molecular weight excluding hydrogens is 317 g/mol. The molecule has 1 aromatic heterocycles. The molecule has 2 aromatic rings. The van der Waals surface area contributed by atoms with E-state index in [1.165, 1.54) is 12.1 Å².